The van der Waals surface area contributed by atoms with Gasteiger partial charge in [0.2, 0.25) is 0 Å². The Morgan fingerprint density at radius 3 is 2.71 bits per heavy atom. The van der Waals surface area contributed by atoms with E-state index in [4.69, 9.17) is 4.42 Å². The number of hydrogen-bond acceptors (Lipinski definition) is 3. The highest BCUT2D eigenvalue weighted by atomic mass is 16.3. The van der Waals surface area contributed by atoms with E-state index in [9.17, 15) is 9.59 Å². The topological polar surface area (TPSA) is 66.3 Å². The van der Waals surface area contributed by atoms with Gasteiger partial charge in [-0.05, 0) is 51.0 Å². The fourth-order valence-electron chi connectivity index (χ4n) is 2.56. The number of H-pyrrole nitrogens is 1. The van der Waals surface area contributed by atoms with Crippen LogP contribution in [0.5, 0.6) is 0 Å². The third-order valence-corrected chi connectivity index (χ3v) is 3.83. The van der Waals surface area contributed by atoms with Gasteiger partial charge in [0.1, 0.15) is 11.3 Å². The molecule has 1 saturated carbocycles. The van der Waals surface area contributed by atoms with Crippen molar-refractivity contribution >= 4 is 5.91 Å². The number of hydrogen-bond donors (Lipinski definition) is 1. The lowest BCUT2D eigenvalue weighted by molar-refractivity contribution is 0.0651. The van der Waals surface area contributed by atoms with Crippen molar-refractivity contribution in [2.75, 3.05) is 0 Å². The van der Waals surface area contributed by atoms with Gasteiger partial charge in [-0.2, -0.15) is 0 Å². The van der Waals surface area contributed by atoms with Crippen LogP contribution in [0.3, 0.4) is 0 Å². The number of furan rings is 1. The molecule has 1 aliphatic carbocycles. The second kappa shape index (κ2) is 5.24. The molecule has 1 N–H and O–H groups in total. The zero-order chi connectivity index (χ0) is 15.0. The lowest BCUT2D eigenvalue weighted by Crippen LogP contribution is -2.38. The zero-order valence-corrected chi connectivity index (χ0v) is 12.1. The fraction of sp³-hybridized carbons (Fsp3) is 0.375. The number of nitrogens with zero attached hydrogens (tertiary/aromatic N) is 1. The summed E-state index contributed by atoms with van der Waals surface area (Å²) in [5.74, 6) is 0.501. The SMILES string of the molecule is Cc1ccc(C(=O)N(C2CC2)C(C)c2ccco2)c(=O)[nH]1. The van der Waals surface area contributed by atoms with Crippen LogP contribution in [0, 0.1) is 6.92 Å². The molecular weight excluding hydrogens is 268 g/mol. The second-order valence-electron chi connectivity index (χ2n) is 5.52. The van der Waals surface area contributed by atoms with E-state index >= 15 is 0 Å². The van der Waals surface area contributed by atoms with Crippen molar-refractivity contribution in [3.05, 3.63) is 57.9 Å². The van der Waals surface area contributed by atoms with Crippen LogP contribution in [0.1, 0.15) is 47.6 Å². The maximum atomic E-state index is 12.8. The predicted molar refractivity (Wildman–Crippen MR) is 78.1 cm³/mol. The molecule has 0 aromatic carbocycles. The van der Waals surface area contributed by atoms with Crippen molar-refractivity contribution in [1.29, 1.82) is 0 Å². The number of aromatic nitrogens is 1. The van der Waals surface area contributed by atoms with Gasteiger partial charge in [-0.1, -0.05) is 0 Å². The highest BCUT2D eigenvalue weighted by Crippen LogP contribution is 2.35. The largest absolute Gasteiger partial charge is 0.467 e. The van der Waals surface area contributed by atoms with Crippen molar-refractivity contribution in [1.82, 2.24) is 9.88 Å². The van der Waals surface area contributed by atoms with E-state index in [2.05, 4.69) is 4.98 Å². The maximum Gasteiger partial charge on any atom is 0.260 e. The third-order valence-electron chi connectivity index (χ3n) is 3.83. The van der Waals surface area contributed by atoms with E-state index in [1.54, 1.807) is 36.3 Å². The van der Waals surface area contributed by atoms with Crippen LogP contribution < -0.4 is 5.56 Å². The molecule has 0 bridgehead atoms. The Morgan fingerprint density at radius 2 is 2.14 bits per heavy atom. The van der Waals surface area contributed by atoms with Gasteiger partial charge in [0, 0.05) is 11.7 Å². The number of aryl methyl sites for hydroxylation is 1. The average molecular weight is 286 g/mol. The molecule has 0 saturated heterocycles. The van der Waals surface area contributed by atoms with Gasteiger partial charge in [-0.15, -0.1) is 0 Å². The van der Waals surface area contributed by atoms with Gasteiger partial charge in [-0.25, -0.2) is 0 Å². The molecule has 5 heteroatoms. The Hall–Kier alpha value is -2.30. The Labute approximate surface area is 122 Å². The summed E-state index contributed by atoms with van der Waals surface area (Å²) in [6, 6.07) is 7.02. The first-order valence-electron chi connectivity index (χ1n) is 7.14. The molecule has 1 unspecified atom stereocenters. The van der Waals surface area contributed by atoms with Crippen molar-refractivity contribution in [3.63, 3.8) is 0 Å². The van der Waals surface area contributed by atoms with Crippen LogP contribution in [0.2, 0.25) is 0 Å². The molecule has 1 amide bonds. The summed E-state index contributed by atoms with van der Waals surface area (Å²) in [4.78, 5) is 29.2. The molecule has 1 atom stereocenters. The lowest BCUT2D eigenvalue weighted by atomic mass is 10.1. The number of pyridine rings is 1. The van der Waals surface area contributed by atoms with Crippen LogP contribution in [0.4, 0.5) is 0 Å². The first-order valence-corrected chi connectivity index (χ1v) is 7.14. The normalized spacial score (nSPS) is 15.7. The van der Waals surface area contributed by atoms with Crippen LogP contribution >= 0.6 is 0 Å². The van der Waals surface area contributed by atoms with Crippen LogP contribution in [-0.4, -0.2) is 21.8 Å². The maximum absolute atomic E-state index is 12.8. The van der Waals surface area contributed by atoms with E-state index in [1.165, 1.54) is 0 Å². The minimum absolute atomic E-state index is 0.180. The molecule has 2 heterocycles. The van der Waals surface area contributed by atoms with E-state index in [0.717, 1.165) is 24.3 Å². The minimum Gasteiger partial charge on any atom is -0.467 e. The molecule has 5 nitrogen and oxygen atoms in total. The van der Waals surface area contributed by atoms with Crippen LogP contribution in [0.15, 0.2) is 39.7 Å². The summed E-state index contributed by atoms with van der Waals surface area (Å²) < 4.78 is 5.41. The molecule has 0 radical (unpaired) electrons. The van der Waals surface area contributed by atoms with E-state index in [-0.39, 0.29) is 29.1 Å². The molecule has 0 aliphatic heterocycles. The second-order valence-corrected chi connectivity index (χ2v) is 5.52. The zero-order valence-electron chi connectivity index (χ0n) is 12.1. The van der Waals surface area contributed by atoms with Crippen LogP contribution in [0.25, 0.3) is 0 Å². The highest BCUT2D eigenvalue weighted by Gasteiger charge is 2.38. The molecular formula is C16H18N2O3. The van der Waals surface area contributed by atoms with Gasteiger partial charge < -0.3 is 14.3 Å². The lowest BCUT2D eigenvalue weighted by Gasteiger charge is -2.27. The number of rotatable bonds is 4. The van der Waals surface area contributed by atoms with Crippen molar-refractivity contribution in [3.8, 4) is 0 Å². The number of amides is 1. The van der Waals surface area contributed by atoms with E-state index in [0.29, 0.717) is 0 Å². The molecule has 21 heavy (non-hydrogen) atoms. The summed E-state index contributed by atoms with van der Waals surface area (Å²) in [6.07, 6.45) is 3.54. The molecule has 2 aromatic heterocycles. The summed E-state index contributed by atoms with van der Waals surface area (Å²) in [6.45, 7) is 3.72. The summed E-state index contributed by atoms with van der Waals surface area (Å²) in [5.41, 5.74) is 0.594. The Bertz CT molecular complexity index is 699. The smallest absolute Gasteiger partial charge is 0.260 e. The Kier molecular flexibility index (Phi) is 3.41. The number of aromatic amines is 1. The standard InChI is InChI=1S/C16H18N2O3/c1-10-5-8-13(15(19)17-10)16(20)18(12-6-7-12)11(2)14-4-3-9-21-14/h3-5,8-9,11-12H,6-7H2,1-2H3,(H,17,19). The summed E-state index contributed by atoms with van der Waals surface area (Å²) in [7, 11) is 0. The monoisotopic (exact) mass is 286 g/mol. The molecule has 1 fully saturated rings. The van der Waals surface area contributed by atoms with Gasteiger partial charge >= 0.3 is 0 Å². The van der Waals surface area contributed by atoms with Crippen LogP contribution in [-0.2, 0) is 0 Å². The molecule has 110 valence electrons. The van der Waals surface area contributed by atoms with Crippen molar-refractivity contribution in [2.24, 2.45) is 0 Å². The fourth-order valence-corrected chi connectivity index (χ4v) is 2.56. The quantitative estimate of drug-likeness (QED) is 0.939. The molecule has 2 aromatic rings. The van der Waals surface area contributed by atoms with Gasteiger partial charge in [0.25, 0.3) is 11.5 Å². The van der Waals surface area contributed by atoms with E-state index < -0.39 is 0 Å². The van der Waals surface area contributed by atoms with Crippen molar-refractivity contribution in [2.45, 2.75) is 38.8 Å². The highest BCUT2D eigenvalue weighted by molar-refractivity contribution is 5.94. The molecule has 1 aliphatic rings. The Balaban J connectivity index is 1.94. The first-order chi connectivity index (χ1) is 10.1. The number of carbonyl (C=O) groups is 1. The third kappa shape index (κ3) is 2.63. The minimum atomic E-state index is -0.336. The number of carbonyl (C=O) groups excluding carboxylic acids is 1. The average Bonchev–Trinajstić information content (AvgIpc) is 3.11. The predicted octanol–water partition coefficient (Wildman–Crippen LogP) is 2.64. The van der Waals surface area contributed by atoms with Gasteiger partial charge in [-0.3, -0.25) is 9.59 Å². The first kappa shape index (κ1) is 13.7. The number of nitrogens with one attached hydrogen (secondary N) is 1. The van der Waals surface area contributed by atoms with Gasteiger partial charge in [0.15, 0.2) is 0 Å². The van der Waals surface area contributed by atoms with E-state index in [1.807, 2.05) is 13.0 Å². The van der Waals surface area contributed by atoms with Crippen molar-refractivity contribution < 1.29 is 9.21 Å². The summed E-state index contributed by atoms with van der Waals surface area (Å²) >= 11 is 0. The Morgan fingerprint density at radius 1 is 1.38 bits per heavy atom. The van der Waals surface area contributed by atoms with Gasteiger partial charge in [0.05, 0.1) is 12.3 Å². The summed E-state index contributed by atoms with van der Waals surface area (Å²) in [5, 5.41) is 0. The molecule has 3 rings (SSSR count). The molecule has 0 spiro atoms.